The Labute approximate surface area is 111 Å². The lowest BCUT2D eigenvalue weighted by molar-refractivity contribution is -0.140. The third-order valence-corrected chi connectivity index (χ3v) is 4.02. The number of hydrogen-bond acceptors (Lipinski definition) is 2. The second-order valence-electron chi connectivity index (χ2n) is 6.98. The smallest absolute Gasteiger partial charge is 0.320 e. The lowest BCUT2D eigenvalue weighted by atomic mass is 9.85. The molecule has 18 heavy (non-hydrogen) atoms. The average Bonchev–Trinajstić information content (AvgIpc) is 2.38. The van der Waals surface area contributed by atoms with E-state index in [-0.39, 0.29) is 6.04 Å². The predicted octanol–water partition coefficient (Wildman–Crippen LogP) is 3.43. The molecule has 0 aromatic heterocycles. The molecule has 3 heteroatoms. The second kappa shape index (κ2) is 6.55. The summed E-state index contributed by atoms with van der Waals surface area (Å²) in [4.78, 5) is 11.3. The molecule has 1 fully saturated rings. The van der Waals surface area contributed by atoms with Crippen LogP contribution in [0.15, 0.2) is 0 Å². The fourth-order valence-corrected chi connectivity index (χ4v) is 2.82. The first-order chi connectivity index (χ1) is 8.30. The molecule has 0 amide bonds. The van der Waals surface area contributed by atoms with Gasteiger partial charge in [-0.05, 0) is 43.4 Å². The summed E-state index contributed by atoms with van der Waals surface area (Å²) < 4.78 is 0. The summed E-state index contributed by atoms with van der Waals surface area (Å²) in [6.45, 7) is 8.79. The minimum Gasteiger partial charge on any atom is -0.480 e. The molecular weight excluding hydrogens is 226 g/mol. The van der Waals surface area contributed by atoms with Crippen LogP contribution in [0.1, 0.15) is 66.2 Å². The Hall–Kier alpha value is -0.570. The van der Waals surface area contributed by atoms with Gasteiger partial charge in [-0.2, -0.15) is 0 Å². The number of hydrogen-bond donors (Lipinski definition) is 2. The Kier molecular flexibility index (Phi) is 5.64. The van der Waals surface area contributed by atoms with Gasteiger partial charge >= 0.3 is 5.97 Å². The molecule has 0 bridgehead atoms. The summed E-state index contributed by atoms with van der Waals surface area (Å²) in [6.07, 6.45) is 6.60. The Morgan fingerprint density at radius 1 is 1.33 bits per heavy atom. The number of carboxylic acids is 1. The molecule has 0 radical (unpaired) electrons. The van der Waals surface area contributed by atoms with E-state index in [1.54, 1.807) is 0 Å². The average molecular weight is 255 g/mol. The van der Waals surface area contributed by atoms with Crippen LogP contribution in [0, 0.1) is 11.3 Å². The van der Waals surface area contributed by atoms with Crippen molar-refractivity contribution in [3.63, 3.8) is 0 Å². The summed E-state index contributed by atoms with van der Waals surface area (Å²) >= 11 is 0. The molecule has 2 unspecified atom stereocenters. The SMILES string of the molecule is CC(C)CC(NC1CCCC(C)(C)CC1)C(=O)O. The van der Waals surface area contributed by atoms with Crippen molar-refractivity contribution in [3.8, 4) is 0 Å². The van der Waals surface area contributed by atoms with E-state index < -0.39 is 5.97 Å². The Morgan fingerprint density at radius 2 is 2.00 bits per heavy atom. The fourth-order valence-electron chi connectivity index (χ4n) is 2.82. The molecular formula is C15H29NO2. The lowest BCUT2D eigenvalue weighted by Crippen LogP contribution is -2.44. The molecule has 0 aromatic carbocycles. The van der Waals surface area contributed by atoms with Gasteiger partial charge < -0.3 is 10.4 Å². The zero-order valence-corrected chi connectivity index (χ0v) is 12.3. The zero-order valence-electron chi connectivity index (χ0n) is 12.3. The van der Waals surface area contributed by atoms with Crippen LogP contribution < -0.4 is 5.32 Å². The van der Waals surface area contributed by atoms with Crippen molar-refractivity contribution >= 4 is 5.97 Å². The number of rotatable bonds is 5. The van der Waals surface area contributed by atoms with Gasteiger partial charge in [-0.25, -0.2) is 0 Å². The highest BCUT2D eigenvalue weighted by molar-refractivity contribution is 5.73. The highest BCUT2D eigenvalue weighted by Crippen LogP contribution is 2.33. The van der Waals surface area contributed by atoms with E-state index in [0.29, 0.717) is 17.4 Å². The number of aliphatic carboxylic acids is 1. The maximum absolute atomic E-state index is 11.3. The summed E-state index contributed by atoms with van der Waals surface area (Å²) in [7, 11) is 0. The topological polar surface area (TPSA) is 49.3 Å². The summed E-state index contributed by atoms with van der Waals surface area (Å²) in [5.74, 6) is -0.284. The van der Waals surface area contributed by atoms with E-state index in [9.17, 15) is 9.90 Å². The third-order valence-electron chi connectivity index (χ3n) is 4.02. The standard InChI is InChI=1S/C15H29NO2/c1-11(2)10-13(14(17)18)16-12-6-5-8-15(3,4)9-7-12/h11-13,16H,5-10H2,1-4H3,(H,17,18). The van der Waals surface area contributed by atoms with Crippen LogP contribution in [0.3, 0.4) is 0 Å². The van der Waals surface area contributed by atoms with E-state index in [4.69, 9.17) is 0 Å². The number of nitrogens with one attached hydrogen (secondary N) is 1. The van der Waals surface area contributed by atoms with Gasteiger partial charge in [0.25, 0.3) is 0 Å². The molecule has 0 aliphatic heterocycles. The van der Waals surface area contributed by atoms with Crippen LogP contribution in [0.2, 0.25) is 0 Å². The van der Waals surface area contributed by atoms with Gasteiger partial charge in [-0.1, -0.05) is 34.1 Å². The second-order valence-corrected chi connectivity index (χ2v) is 6.98. The Morgan fingerprint density at radius 3 is 2.56 bits per heavy atom. The van der Waals surface area contributed by atoms with Crippen molar-refractivity contribution in [1.29, 1.82) is 0 Å². The van der Waals surface area contributed by atoms with Crippen molar-refractivity contribution in [2.24, 2.45) is 11.3 Å². The van der Waals surface area contributed by atoms with Gasteiger partial charge in [0.05, 0.1) is 0 Å². The number of carbonyl (C=O) groups is 1. The largest absolute Gasteiger partial charge is 0.480 e. The molecule has 0 heterocycles. The Bertz CT molecular complexity index is 274. The van der Waals surface area contributed by atoms with Crippen LogP contribution >= 0.6 is 0 Å². The molecule has 1 aliphatic rings. The first kappa shape index (κ1) is 15.5. The van der Waals surface area contributed by atoms with Gasteiger partial charge in [0.15, 0.2) is 0 Å². The maximum Gasteiger partial charge on any atom is 0.320 e. The predicted molar refractivity (Wildman–Crippen MR) is 74.7 cm³/mol. The molecule has 2 atom stereocenters. The van der Waals surface area contributed by atoms with E-state index in [1.807, 2.05) is 0 Å². The highest BCUT2D eigenvalue weighted by Gasteiger charge is 2.27. The van der Waals surface area contributed by atoms with Gasteiger partial charge in [-0.15, -0.1) is 0 Å². The normalized spacial score (nSPS) is 25.7. The monoisotopic (exact) mass is 255 g/mol. The zero-order chi connectivity index (χ0) is 13.8. The van der Waals surface area contributed by atoms with Gasteiger partial charge in [0.2, 0.25) is 0 Å². The van der Waals surface area contributed by atoms with Crippen LogP contribution in [0.25, 0.3) is 0 Å². The summed E-state index contributed by atoms with van der Waals surface area (Å²) in [5, 5.41) is 12.6. The third kappa shape index (κ3) is 5.38. The molecule has 0 aromatic rings. The first-order valence-electron chi connectivity index (χ1n) is 7.29. The quantitative estimate of drug-likeness (QED) is 0.740. The van der Waals surface area contributed by atoms with E-state index in [1.165, 1.54) is 19.3 Å². The lowest BCUT2D eigenvalue weighted by Gasteiger charge is -2.24. The minimum absolute atomic E-state index is 0.379. The van der Waals surface area contributed by atoms with Crippen molar-refractivity contribution < 1.29 is 9.90 Å². The van der Waals surface area contributed by atoms with Crippen molar-refractivity contribution in [3.05, 3.63) is 0 Å². The van der Waals surface area contributed by atoms with Crippen molar-refractivity contribution in [1.82, 2.24) is 5.32 Å². The maximum atomic E-state index is 11.3. The van der Waals surface area contributed by atoms with Crippen molar-refractivity contribution in [2.75, 3.05) is 0 Å². The van der Waals surface area contributed by atoms with Gasteiger partial charge in [0.1, 0.15) is 6.04 Å². The van der Waals surface area contributed by atoms with E-state index in [0.717, 1.165) is 19.3 Å². The van der Waals surface area contributed by atoms with Crippen LogP contribution in [-0.4, -0.2) is 23.2 Å². The molecule has 1 aliphatic carbocycles. The molecule has 0 saturated heterocycles. The summed E-state index contributed by atoms with van der Waals surface area (Å²) in [6, 6.07) is 0.00263. The molecule has 0 spiro atoms. The Balaban J connectivity index is 2.51. The summed E-state index contributed by atoms with van der Waals surface area (Å²) in [5.41, 5.74) is 0.424. The fraction of sp³-hybridized carbons (Fsp3) is 0.933. The molecule has 106 valence electrons. The highest BCUT2D eigenvalue weighted by atomic mass is 16.4. The molecule has 1 saturated carbocycles. The molecule has 1 rings (SSSR count). The van der Waals surface area contributed by atoms with Crippen LogP contribution in [-0.2, 0) is 4.79 Å². The van der Waals surface area contributed by atoms with Crippen molar-refractivity contribution in [2.45, 2.75) is 78.3 Å². The molecule has 3 nitrogen and oxygen atoms in total. The van der Waals surface area contributed by atoms with Gasteiger partial charge in [-0.3, -0.25) is 4.79 Å². The van der Waals surface area contributed by atoms with Gasteiger partial charge in [0, 0.05) is 6.04 Å². The van der Waals surface area contributed by atoms with Crippen LogP contribution in [0.5, 0.6) is 0 Å². The first-order valence-corrected chi connectivity index (χ1v) is 7.29. The van der Waals surface area contributed by atoms with E-state index in [2.05, 4.69) is 33.0 Å². The minimum atomic E-state index is -0.702. The van der Waals surface area contributed by atoms with E-state index >= 15 is 0 Å². The van der Waals surface area contributed by atoms with Crippen LogP contribution in [0.4, 0.5) is 0 Å². The number of carboxylic acid groups (broad SMARTS) is 1. The molecule has 2 N–H and O–H groups in total.